The van der Waals surface area contributed by atoms with Crippen LogP contribution in [0.4, 0.5) is 5.82 Å². The largest absolute Gasteiger partial charge is 0.490 e. The van der Waals surface area contributed by atoms with E-state index in [1.54, 1.807) is 0 Å². The summed E-state index contributed by atoms with van der Waals surface area (Å²) in [5, 5.41) is 20.7. The van der Waals surface area contributed by atoms with Gasteiger partial charge in [0.05, 0.1) is 12.4 Å². The number of imidazole rings is 1. The topological polar surface area (TPSA) is 279 Å². The first-order chi connectivity index (χ1) is 14.6. The Morgan fingerprint density at radius 3 is 2.34 bits per heavy atom. The molecular weight excluding hydrogens is 503 g/mol. The van der Waals surface area contributed by atoms with Crippen molar-refractivity contribution in [3.05, 3.63) is 12.7 Å². The van der Waals surface area contributed by atoms with Gasteiger partial charge in [0.2, 0.25) is 0 Å². The number of aromatic nitrogens is 4. The van der Waals surface area contributed by atoms with Gasteiger partial charge in [0.25, 0.3) is 0 Å². The minimum absolute atomic E-state index is 0.0411. The molecule has 1 aliphatic heterocycles. The summed E-state index contributed by atoms with van der Waals surface area (Å²) in [5.41, 5.74) is 6.02. The van der Waals surface area contributed by atoms with E-state index < -0.39 is 54.1 Å². The highest BCUT2D eigenvalue weighted by Crippen LogP contribution is 2.66. The van der Waals surface area contributed by atoms with E-state index in [-0.39, 0.29) is 17.0 Å². The molecule has 0 saturated carbocycles. The molecule has 21 heteroatoms. The number of phosphoric ester groups is 1. The lowest BCUT2D eigenvalue weighted by atomic mass is 10.1. The van der Waals surface area contributed by atoms with Crippen molar-refractivity contribution in [2.45, 2.75) is 37.6 Å². The van der Waals surface area contributed by atoms with E-state index in [9.17, 15) is 33.7 Å². The molecule has 1 aliphatic rings. The van der Waals surface area contributed by atoms with E-state index in [0.29, 0.717) is 0 Å². The third kappa shape index (κ3) is 5.58. The molecule has 32 heavy (non-hydrogen) atoms. The summed E-state index contributed by atoms with van der Waals surface area (Å²) in [6.07, 6.45) is -5.34. The van der Waals surface area contributed by atoms with Gasteiger partial charge in [-0.25, -0.2) is 28.6 Å². The van der Waals surface area contributed by atoms with Gasteiger partial charge < -0.3 is 40.3 Å². The summed E-state index contributed by atoms with van der Waals surface area (Å²) < 4.78 is 52.7. The lowest BCUT2D eigenvalue weighted by Crippen LogP contribution is -2.38. The molecule has 1 fully saturated rings. The summed E-state index contributed by atoms with van der Waals surface area (Å²) in [5.74, 6) is 0.0411. The fraction of sp³-hybridized carbons (Fsp3) is 0.545. The maximum atomic E-state index is 12.0. The highest BCUT2D eigenvalue weighted by molar-refractivity contribution is 7.66. The van der Waals surface area contributed by atoms with Crippen LogP contribution in [-0.4, -0.2) is 73.7 Å². The monoisotopic (exact) mass is 521 g/mol. The fourth-order valence-corrected chi connectivity index (χ4v) is 6.13. The van der Waals surface area contributed by atoms with Crippen molar-refractivity contribution in [2.24, 2.45) is 0 Å². The quantitative estimate of drug-likeness (QED) is 0.200. The van der Waals surface area contributed by atoms with Gasteiger partial charge in [-0.3, -0.25) is 9.09 Å². The van der Waals surface area contributed by atoms with Gasteiger partial charge >= 0.3 is 23.5 Å². The van der Waals surface area contributed by atoms with Crippen LogP contribution in [0.25, 0.3) is 11.2 Å². The zero-order valence-electron chi connectivity index (χ0n) is 15.8. The van der Waals surface area contributed by atoms with Crippen LogP contribution in [0.3, 0.4) is 0 Å². The van der Waals surface area contributed by atoms with Crippen LogP contribution in [0.1, 0.15) is 13.2 Å². The zero-order valence-corrected chi connectivity index (χ0v) is 18.5. The van der Waals surface area contributed by atoms with Crippen molar-refractivity contribution in [1.29, 1.82) is 0 Å². The number of ether oxygens (including phenoxy) is 1. The molecule has 18 nitrogen and oxygen atoms in total. The molecule has 7 atom stereocenters. The van der Waals surface area contributed by atoms with E-state index in [1.807, 2.05) is 0 Å². The van der Waals surface area contributed by atoms with Gasteiger partial charge in [-0.05, 0) is 6.92 Å². The van der Waals surface area contributed by atoms with Gasteiger partial charge in [-0.2, -0.15) is 8.62 Å². The second kappa shape index (κ2) is 8.77. The highest BCUT2D eigenvalue weighted by atomic mass is 31.3. The van der Waals surface area contributed by atoms with Gasteiger partial charge in [-0.15, -0.1) is 0 Å². The number of nitrogens with two attached hydrogens (primary N) is 1. The number of aliphatic hydroxyl groups is 2. The summed E-state index contributed by atoms with van der Waals surface area (Å²) >= 11 is 0. The van der Waals surface area contributed by atoms with Crippen LogP contribution in [0.5, 0.6) is 0 Å². The molecular formula is C11H18N5O13P3. The lowest BCUT2D eigenvalue weighted by Gasteiger charge is -2.24. The molecule has 0 radical (unpaired) electrons. The standard InChI is InChI=1S/C11H18N5O13P3/c1-4(27-31(22,23)29-32(24,25)28-30(19,20)21)8-6(17)7(18)11(26-8)16-3-15-5-9(12)13-2-14-10(5)16/h2-4,6-8,11,17-18H,1H3,(H,22,23)(H,24,25)(H2,12,13,14)(H2,19,20,21)/t4-,6?,7?,8?,11?/m1/s1. The number of aliphatic hydroxyl groups excluding tert-OH is 2. The molecule has 0 bridgehead atoms. The van der Waals surface area contributed by atoms with E-state index in [2.05, 4.69) is 28.1 Å². The first-order valence-corrected chi connectivity index (χ1v) is 12.9. The summed E-state index contributed by atoms with van der Waals surface area (Å²) in [7, 11) is -16.8. The van der Waals surface area contributed by atoms with Gasteiger partial charge in [0.1, 0.15) is 30.2 Å². The molecule has 8 N–H and O–H groups in total. The number of hydrogen-bond acceptors (Lipinski definition) is 13. The Morgan fingerprint density at radius 2 is 1.72 bits per heavy atom. The van der Waals surface area contributed by atoms with Gasteiger partial charge in [-0.1, -0.05) is 0 Å². The molecule has 0 aliphatic carbocycles. The lowest BCUT2D eigenvalue weighted by molar-refractivity contribution is -0.0755. The minimum atomic E-state index is -5.73. The second-order valence-electron chi connectivity index (χ2n) is 6.46. The third-order valence-corrected chi connectivity index (χ3v) is 8.04. The Balaban J connectivity index is 1.75. The summed E-state index contributed by atoms with van der Waals surface area (Å²) in [6, 6.07) is 0. The Hall–Kier alpha value is -1.36. The summed E-state index contributed by atoms with van der Waals surface area (Å²) in [6.45, 7) is 1.09. The van der Waals surface area contributed by atoms with Crippen LogP contribution in [-0.2, 0) is 31.6 Å². The average Bonchev–Trinajstić information content (AvgIpc) is 3.14. The molecule has 0 amide bonds. The van der Waals surface area contributed by atoms with Crippen molar-refractivity contribution < 1.29 is 61.4 Å². The Kier molecular flexibility index (Phi) is 6.93. The SMILES string of the molecule is C[C@@H](OP(=O)(O)OP(=O)(O)OP(=O)(O)O)C1OC(n2cnc3c(N)ncnc32)C(O)C1O. The Labute approximate surface area is 178 Å². The molecule has 3 heterocycles. The van der Waals surface area contributed by atoms with Gasteiger partial charge in [0, 0.05) is 0 Å². The van der Waals surface area contributed by atoms with Crippen LogP contribution in [0.2, 0.25) is 0 Å². The first-order valence-electron chi connectivity index (χ1n) is 8.37. The molecule has 2 aromatic heterocycles. The molecule has 2 aromatic rings. The normalized spacial score (nSPS) is 29.0. The van der Waals surface area contributed by atoms with Crippen molar-refractivity contribution in [3.63, 3.8) is 0 Å². The van der Waals surface area contributed by atoms with Crippen molar-refractivity contribution >= 4 is 40.4 Å². The zero-order chi connectivity index (χ0) is 24.1. The van der Waals surface area contributed by atoms with Crippen LogP contribution >= 0.6 is 23.5 Å². The van der Waals surface area contributed by atoms with Crippen molar-refractivity contribution in [3.8, 4) is 0 Å². The van der Waals surface area contributed by atoms with Gasteiger partial charge in [0.15, 0.2) is 17.7 Å². The van der Waals surface area contributed by atoms with E-state index in [4.69, 9.17) is 20.3 Å². The number of phosphoric acid groups is 3. The molecule has 0 spiro atoms. The van der Waals surface area contributed by atoms with E-state index in [1.165, 1.54) is 10.9 Å². The van der Waals surface area contributed by atoms with Crippen LogP contribution in [0.15, 0.2) is 12.7 Å². The van der Waals surface area contributed by atoms with Crippen molar-refractivity contribution in [2.75, 3.05) is 5.73 Å². The van der Waals surface area contributed by atoms with Crippen molar-refractivity contribution in [1.82, 2.24) is 19.5 Å². The minimum Gasteiger partial charge on any atom is -0.387 e. The number of hydrogen-bond donors (Lipinski definition) is 7. The Bertz CT molecular complexity index is 1140. The molecule has 6 unspecified atom stereocenters. The summed E-state index contributed by atoms with van der Waals surface area (Å²) in [4.78, 5) is 47.7. The molecule has 0 aromatic carbocycles. The van der Waals surface area contributed by atoms with Crippen LogP contribution in [0, 0.1) is 0 Å². The predicted molar refractivity (Wildman–Crippen MR) is 100 cm³/mol. The number of nitrogen functional groups attached to an aromatic ring is 1. The molecule has 180 valence electrons. The number of nitrogens with zero attached hydrogens (tertiary/aromatic N) is 4. The second-order valence-corrected chi connectivity index (χ2v) is 10.8. The average molecular weight is 521 g/mol. The predicted octanol–water partition coefficient (Wildman–Crippen LogP) is -1.24. The maximum Gasteiger partial charge on any atom is 0.490 e. The molecule has 1 saturated heterocycles. The molecule has 3 rings (SSSR count). The van der Waals surface area contributed by atoms with E-state index in [0.717, 1.165) is 13.3 Å². The van der Waals surface area contributed by atoms with E-state index >= 15 is 0 Å². The fourth-order valence-electron chi connectivity index (χ4n) is 2.93. The smallest absolute Gasteiger partial charge is 0.387 e. The third-order valence-electron chi connectivity index (χ3n) is 4.11. The maximum absolute atomic E-state index is 12.0. The number of rotatable bonds is 8. The number of anilines is 1. The van der Waals surface area contributed by atoms with Crippen LogP contribution < -0.4 is 5.73 Å². The Morgan fingerprint density at radius 1 is 1.06 bits per heavy atom. The first kappa shape index (κ1) is 25.3. The number of fused-ring (bicyclic) bond motifs is 1. The highest BCUT2D eigenvalue weighted by Gasteiger charge is 2.49.